The number of aryl methyl sites for hydroxylation is 1. The van der Waals surface area contributed by atoms with Gasteiger partial charge in [-0.05, 0) is 73.8 Å². The smallest absolute Gasteiger partial charge is 0.500 e. The number of para-hydroxylation sites is 2. The van der Waals surface area contributed by atoms with Crippen LogP contribution in [0.4, 0.5) is 11.4 Å². The summed E-state index contributed by atoms with van der Waals surface area (Å²) < 4.78 is 0. The number of aliphatic hydroxyl groups excluding tert-OH is 2. The topological polar surface area (TPSA) is 59.8 Å². The van der Waals surface area contributed by atoms with Crippen LogP contribution in [0.5, 0.6) is 0 Å². The van der Waals surface area contributed by atoms with Gasteiger partial charge in [-0.15, -0.1) is 48.3 Å². The first-order chi connectivity index (χ1) is 19.9. The van der Waals surface area contributed by atoms with E-state index < -0.39 is 0 Å². The molecule has 0 saturated heterocycles. The molecule has 1 aliphatic rings. The van der Waals surface area contributed by atoms with Gasteiger partial charge in [0.1, 0.15) is 0 Å². The van der Waals surface area contributed by atoms with Crippen molar-refractivity contribution >= 4 is 22.1 Å². The summed E-state index contributed by atoms with van der Waals surface area (Å²) in [5.41, 5.74) is 5.55. The fraction of sp³-hybridized carbons (Fsp3) is 0.167. The Bertz CT molecular complexity index is 1510. The second-order valence-electron chi connectivity index (χ2n) is 9.85. The summed E-state index contributed by atoms with van der Waals surface area (Å²) in [4.78, 5) is 8.63. The number of rotatable bonds is 5. The Morgan fingerprint density at radius 1 is 0.762 bits per heavy atom. The maximum atomic E-state index is 8.56. The molecule has 4 aromatic carbocycles. The van der Waals surface area contributed by atoms with E-state index in [0.717, 1.165) is 16.9 Å². The molecule has 0 spiro atoms. The maximum absolute atomic E-state index is 8.56. The molecule has 0 amide bonds. The van der Waals surface area contributed by atoms with E-state index in [9.17, 15) is 0 Å². The third-order valence-corrected chi connectivity index (χ3v) is 6.32. The average Bonchev–Trinajstić information content (AvgIpc) is 3.48. The van der Waals surface area contributed by atoms with Crippen molar-refractivity contribution in [2.45, 2.75) is 39.4 Å². The number of anilines is 2. The molecule has 5 aromatic rings. The average molecular weight is 735 g/mol. The van der Waals surface area contributed by atoms with E-state index in [1.165, 1.54) is 22.0 Å². The maximum Gasteiger partial charge on any atom is 3.00 e. The van der Waals surface area contributed by atoms with Crippen molar-refractivity contribution in [1.82, 2.24) is 4.98 Å². The monoisotopic (exact) mass is 735 g/mol. The van der Waals surface area contributed by atoms with Crippen LogP contribution in [0.25, 0.3) is 22.0 Å². The minimum absolute atomic E-state index is 0. The molecule has 0 bridgehead atoms. The summed E-state index contributed by atoms with van der Waals surface area (Å²) in [6, 6.07) is 41.0. The number of benzene rings is 4. The number of aliphatic hydroxyl groups is 2. The normalized spacial score (nSPS) is 13.3. The minimum Gasteiger partial charge on any atom is -0.500 e. The van der Waals surface area contributed by atoms with Crippen LogP contribution in [0.3, 0.4) is 0 Å². The molecule has 6 heteroatoms. The Kier molecular flexibility index (Phi) is 12.9. The van der Waals surface area contributed by atoms with E-state index in [1.807, 2.05) is 79.1 Å². The van der Waals surface area contributed by atoms with Gasteiger partial charge >= 0.3 is 20.1 Å². The third-order valence-electron chi connectivity index (χ3n) is 6.32. The second-order valence-corrected chi connectivity index (χ2v) is 9.85. The number of aromatic nitrogens is 1. The zero-order valence-corrected chi connectivity index (χ0v) is 26.5. The Labute approximate surface area is 263 Å². The van der Waals surface area contributed by atoms with Crippen LogP contribution in [0.2, 0.25) is 0 Å². The number of hydrogen-bond acceptors (Lipinski definition) is 5. The summed E-state index contributed by atoms with van der Waals surface area (Å²) in [6.45, 7) is 7.50. The van der Waals surface area contributed by atoms with Crippen molar-refractivity contribution in [2.24, 2.45) is 0 Å². The van der Waals surface area contributed by atoms with Crippen LogP contribution in [-0.4, -0.2) is 27.4 Å². The van der Waals surface area contributed by atoms with Crippen molar-refractivity contribution in [3.8, 4) is 11.3 Å². The molecule has 2 unspecified atom stereocenters. The van der Waals surface area contributed by atoms with Crippen molar-refractivity contribution < 1.29 is 30.3 Å². The van der Waals surface area contributed by atoms with Gasteiger partial charge in [0.2, 0.25) is 0 Å². The molecular weight excluding hydrogens is 699 g/mol. The van der Waals surface area contributed by atoms with E-state index in [4.69, 9.17) is 10.2 Å². The molecule has 1 aromatic heterocycles. The van der Waals surface area contributed by atoms with Crippen LogP contribution >= 0.6 is 0 Å². The summed E-state index contributed by atoms with van der Waals surface area (Å²) in [6.07, 6.45) is 5.67. The Balaban J connectivity index is 0.000000187. The van der Waals surface area contributed by atoms with Crippen LogP contribution in [-0.2, 0) is 20.1 Å². The number of hydrogen-bond donors (Lipinski definition) is 2. The Hall–Kier alpha value is -3.80. The molecule has 0 aliphatic carbocycles. The first kappa shape index (κ1) is 32.7. The number of nitrogens with zero attached hydrogens (tertiary/aromatic N) is 3. The van der Waals surface area contributed by atoms with Gasteiger partial charge in [0, 0.05) is 11.9 Å². The molecule has 42 heavy (non-hydrogen) atoms. The van der Waals surface area contributed by atoms with Crippen molar-refractivity contribution in [3.05, 3.63) is 146 Å². The fourth-order valence-electron chi connectivity index (χ4n) is 4.41. The largest absolute Gasteiger partial charge is 3.00 e. The van der Waals surface area contributed by atoms with Gasteiger partial charge in [-0.3, -0.25) is 0 Å². The standard InChI is InChI=1S/C16H14N2.C15H10N.C5H12O2.Ir/c1-14-7-5-6-10-16(14)18-12-11-17(13-18)15-8-3-2-4-9-15;1-2-7-13(8-3-1)15-14-9-5-4-6-12(14)10-11-16-15;1-4(6)3-5(2)7;/h2-8,10-13H,1H3;1-7,9-11H;4-7H,3H2,1-2H3;/q-2;-1;;+3. The predicted octanol–water partition coefficient (Wildman–Crippen LogP) is 7.55. The quantitative estimate of drug-likeness (QED) is 0.183. The van der Waals surface area contributed by atoms with Crippen LogP contribution in [0.1, 0.15) is 25.8 Å². The first-order valence-corrected chi connectivity index (χ1v) is 13.7. The molecule has 5 nitrogen and oxygen atoms in total. The van der Waals surface area contributed by atoms with Crippen LogP contribution in [0, 0.1) is 25.7 Å². The van der Waals surface area contributed by atoms with Gasteiger partial charge in [-0.25, -0.2) is 0 Å². The summed E-state index contributed by atoms with van der Waals surface area (Å²) in [5, 5.41) is 19.5. The molecule has 0 radical (unpaired) electrons. The molecule has 0 saturated carbocycles. The minimum atomic E-state index is -0.375. The van der Waals surface area contributed by atoms with E-state index in [-0.39, 0.29) is 32.3 Å². The fourth-order valence-corrected chi connectivity index (χ4v) is 4.41. The van der Waals surface area contributed by atoms with E-state index in [2.05, 4.69) is 83.1 Å². The number of fused-ring (bicyclic) bond motifs is 1. The van der Waals surface area contributed by atoms with Gasteiger partial charge in [0.25, 0.3) is 0 Å². The molecule has 2 atom stereocenters. The molecule has 6 rings (SSSR count). The molecule has 1 aliphatic heterocycles. The van der Waals surface area contributed by atoms with Crippen molar-refractivity contribution in [3.63, 3.8) is 0 Å². The summed E-state index contributed by atoms with van der Waals surface area (Å²) in [7, 11) is 0. The molecule has 2 N–H and O–H groups in total. The van der Waals surface area contributed by atoms with Gasteiger partial charge in [0.05, 0.1) is 12.2 Å². The SMILES string of the molecule is CC(O)CC(C)O.Cc1ccccc1N1C=CN(c2[c-]cccc2)[CH-]1.[Ir+3].[c-]1ccccc1-c1nccc2ccccc12. The third kappa shape index (κ3) is 9.37. The summed E-state index contributed by atoms with van der Waals surface area (Å²) in [5.74, 6) is 0. The molecule has 0 fully saturated rings. The zero-order valence-electron chi connectivity index (χ0n) is 24.1. The Morgan fingerprint density at radius 2 is 1.40 bits per heavy atom. The van der Waals surface area contributed by atoms with Gasteiger partial charge in [0.15, 0.2) is 0 Å². The van der Waals surface area contributed by atoms with Crippen molar-refractivity contribution in [1.29, 1.82) is 0 Å². The first-order valence-electron chi connectivity index (χ1n) is 13.7. The predicted molar refractivity (Wildman–Crippen MR) is 169 cm³/mol. The molecule has 2 heterocycles. The second kappa shape index (κ2) is 16.6. The number of pyridine rings is 1. The van der Waals surface area contributed by atoms with E-state index in [0.29, 0.717) is 6.42 Å². The summed E-state index contributed by atoms with van der Waals surface area (Å²) >= 11 is 0. The van der Waals surface area contributed by atoms with Gasteiger partial charge in [-0.1, -0.05) is 42.5 Å². The van der Waals surface area contributed by atoms with Crippen LogP contribution < -0.4 is 9.80 Å². The molecule has 216 valence electrons. The van der Waals surface area contributed by atoms with E-state index >= 15 is 0 Å². The molecular formula is C36H36IrN3O2. The van der Waals surface area contributed by atoms with Crippen LogP contribution in [0.15, 0.2) is 122 Å². The van der Waals surface area contributed by atoms with Crippen molar-refractivity contribution in [2.75, 3.05) is 9.80 Å². The Morgan fingerprint density at radius 3 is 2.05 bits per heavy atom. The zero-order chi connectivity index (χ0) is 29.0. The van der Waals surface area contributed by atoms with E-state index in [1.54, 1.807) is 13.8 Å². The van der Waals surface area contributed by atoms with Gasteiger partial charge in [-0.2, -0.15) is 30.3 Å². The van der Waals surface area contributed by atoms with Gasteiger partial charge < -0.3 is 25.0 Å².